The molecular weight excluding hydrogens is 444 g/mol. The fourth-order valence-electron chi connectivity index (χ4n) is 4.06. The van der Waals surface area contributed by atoms with Gasteiger partial charge in [-0.05, 0) is 62.9 Å². The summed E-state index contributed by atoms with van der Waals surface area (Å²) in [6.07, 6.45) is 2.84. The third kappa shape index (κ3) is 6.43. The van der Waals surface area contributed by atoms with Crippen LogP contribution in [0.15, 0.2) is 42.6 Å². The van der Waals surface area contributed by atoms with E-state index < -0.39 is 0 Å². The second-order valence-corrected chi connectivity index (χ2v) is 9.76. The number of anilines is 1. The van der Waals surface area contributed by atoms with E-state index in [4.69, 9.17) is 14.2 Å². The molecule has 0 spiro atoms. The molecule has 2 aromatic heterocycles. The molecule has 1 N–H and O–H groups in total. The minimum absolute atomic E-state index is 0.123. The Kier molecular flexibility index (Phi) is 7.77. The van der Waals surface area contributed by atoms with Gasteiger partial charge in [0.05, 0.1) is 19.0 Å². The number of ether oxygens (including phenoxy) is 3. The number of hydrogen-bond donors (Lipinski definition) is 1. The molecule has 0 saturated carbocycles. The molecule has 0 amide bonds. The summed E-state index contributed by atoms with van der Waals surface area (Å²) < 4.78 is 16.2. The standard InChI is InChI=1S/C26H34N6O3/c1-26(2,3)27-14-18-10-11-32(16-18)24-9-8-22(29-30-24)21-7-6-19(12-23(21)35-17-33-4)20-13-25(34-5)31-28-15-20/h6-9,12-13,15,18,27H,10-11,14,16-17H2,1-5H3. The fourth-order valence-corrected chi connectivity index (χ4v) is 4.06. The zero-order valence-corrected chi connectivity index (χ0v) is 21.1. The lowest BCUT2D eigenvalue weighted by atomic mass is 10.0. The van der Waals surface area contributed by atoms with Crippen molar-refractivity contribution in [3.8, 4) is 34.0 Å². The summed E-state index contributed by atoms with van der Waals surface area (Å²) in [5, 5.41) is 20.6. The van der Waals surface area contributed by atoms with Crippen LogP contribution in [0.25, 0.3) is 22.4 Å². The maximum atomic E-state index is 5.88. The van der Waals surface area contributed by atoms with Gasteiger partial charge in [0.1, 0.15) is 5.75 Å². The molecule has 1 atom stereocenters. The normalized spacial score (nSPS) is 15.9. The van der Waals surface area contributed by atoms with Crippen molar-refractivity contribution in [1.82, 2.24) is 25.7 Å². The number of methoxy groups -OCH3 is 2. The van der Waals surface area contributed by atoms with Crippen molar-refractivity contribution in [2.75, 3.05) is 45.5 Å². The Bertz CT molecular complexity index is 1120. The highest BCUT2D eigenvalue weighted by Crippen LogP contribution is 2.34. The van der Waals surface area contributed by atoms with Crippen molar-refractivity contribution in [2.45, 2.75) is 32.7 Å². The van der Waals surface area contributed by atoms with Crippen molar-refractivity contribution in [1.29, 1.82) is 0 Å². The molecule has 1 unspecified atom stereocenters. The van der Waals surface area contributed by atoms with Crippen molar-refractivity contribution in [3.05, 3.63) is 42.6 Å². The first kappa shape index (κ1) is 24.8. The molecule has 9 nitrogen and oxygen atoms in total. The predicted octanol–water partition coefficient (Wildman–Crippen LogP) is 3.81. The molecule has 35 heavy (non-hydrogen) atoms. The number of aromatic nitrogens is 4. The van der Waals surface area contributed by atoms with Crippen LogP contribution in [0.5, 0.6) is 11.6 Å². The van der Waals surface area contributed by atoms with Gasteiger partial charge in [0.2, 0.25) is 5.88 Å². The maximum Gasteiger partial charge on any atom is 0.233 e. The van der Waals surface area contributed by atoms with Crippen molar-refractivity contribution in [2.24, 2.45) is 5.92 Å². The topological polar surface area (TPSA) is 94.5 Å². The predicted molar refractivity (Wildman–Crippen MR) is 136 cm³/mol. The molecule has 186 valence electrons. The van der Waals surface area contributed by atoms with Crippen LogP contribution in [-0.2, 0) is 4.74 Å². The Morgan fingerprint density at radius 3 is 2.60 bits per heavy atom. The lowest BCUT2D eigenvalue weighted by Crippen LogP contribution is -2.39. The van der Waals surface area contributed by atoms with E-state index in [1.807, 2.05) is 36.4 Å². The summed E-state index contributed by atoms with van der Waals surface area (Å²) in [5.74, 6) is 2.61. The number of hydrogen-bond acceptors (Lipinski definition) is 9. The highest BCUT2D eigenvalue weighted by Gasteiger charge is 2.25. The molecule has 0 bridgehead atoms. The largest absolute Gasteiger partial charge is 0.480 e. The van der Waals surface area contributed by atoms with Crippen molar-refractivity contribution >= 4 is 5.82 Å². The molecule has 3 heterocycles. The highest BCUT2D eigenvalue weighted by molar-refractivity contribution is 5.74. The van der Waals surface area contributed by atoms with Crippen LogP contribution in [0.4, 0.5) is 5.82 Å². The summed E-state index contributed by atoms with van der Waals surface area (Å²) in [7, 11) is 3.16. The Morgan fingerprint density at radius 1 is 1.03 bits per heavy atom. The number of nitrogens with one attached hydrogen (secondary N) is 1. The molecule has 0 radical (unpaired) electrons. The Labute approximate surface area is 206 Å². The van der Waals surface area contributed by atoms with Gasteiger partial charge in [0, 0.05) is 49.5 Å². The number of rotatable bonds is 9. The van der Waals surface area contributed by atoms with E-state index in [0.717, 1.165) is 54.3 Å². The average Bonchev–Trinajstić information content (AvgIpc) is 3.35. The Balaban J connectivity index is 1.52. The highest BCUT2D eigenvalue weighted by atomic mass is 16.7. The SMILES string of the molecule is COCOc1cc(-c2cnnc(OC)c2)ccc1-c1ccc(N2CCC(CNC(C)(C)C)C2)nn1. The summed E-state index contributed by atoms with van der Waals surface area (Å²) in [6.45, 7) is 9.71. The molecule has 9 heteroatoms. The van der Waals surface area contributed by atoms with Gasteiger partial charge in [0.25, 0.3) is 0 Å². The van der Waals surface area contributed by atoms with Gasteiger partial charge in [-0.3, -0.25) is 0 Å². The van der Waals surface area contributed by atoms with Crippen LogP contribution >= 0.6 is 0 Å². The molecule has 1 aromatic carbocycles. The van der Waals surface area contributed by atoms with Crippen LogP contribution in [0, 0.1) is 5.92 Å². The van der Waals surface area contributed by atoms with E-state index >= 15 is 0 Å². The molecule has 4 rings (SSSR count). The van der Waals surface area contributed by atoms with Crippen molar-refractivity contribution < 1.29 is 14.2 Å². The van der Waals surface area contributed by atoms with Gasteiger partial charge < -0.3 is 24.4 Å². The third-order valence-corrected chi connectivity index (χ3v) is 5.95. The molecular formula is C26H34N6O3. The quantitative estimate of drug-likeness (QED) is 0.461. The number of benzene rings is 1. The van der Waals surface area contributed by atoms with E-state index in [9.17, 15) is 0 Å². The number of nitrogens with zero attached hydrogens (tertiary/aromatic N) is 5. The van der Waals surface area contributed by atoms with Gasteiger partial charge >= 0.3 is 0 Å². The van der Waals surface area contributed by atoms with Crippen molar-refractivity contribution in [3.63, 3.8) is 0 Å². The van der Waals surface area contributed by atoms with Crippen LogP contribution in [0.1, 0.15) is 27.2 Å². The summed E-state index contributed by atoms with van der Waals surface area (Å²) in [6, 6.07) is 11.8. The van der Waals surface area contributed by atoms with E-state index in [0.29, 0.717) is 17.5 Å². The van der Waals surface area contributed by atoms with E-state index in [2.05, 4.69) is 51.4 Å². The Morgan fingerprint density at radius 2 is 1.89 bits per heavy atom. The van der Waals surface area contributed by atoms with Gasteiger partial charge in [-0.1, -0.05) is 6.07 Å². The van der Waals surface area contributed by atoms with Crippen LogP contribution in [-0.4, -0.2) is 66.6 Å². The van der Waals surface area contributed by atoms with E-state index in [1.54, 1.807) is 20.4 Å². The third-order valence-electron chi connectivity index (χ3n) is 5.95. The first-order valence-corrected chi connectivity index (χ1v) is 11.8. The monoisotopic (exact) mass is 478 g/mol. The minimum Gasteiger partial charge on any atom is -0.480 e. The molecule has 0 aliphatic carbocycles. The zero-order valence-electron chi connectivity index (χ0n) is 21.1. The summed E-state index contributed by atoms with van der Waals surface area (Å²) in [5.41, 5.74) is 3.50. The zero-order chi connectivity index (χ0) is 24.8. The smallest absolute Gasteiger partial charge is 0.233 e. The van der Waals surface area contributed by atoms with Crippen LogP contribution in [0.3, 0.4) is 0 Å². The molecule has 1 saturated heterocycles. The molecule has 1 aliphatic heterocycles. The summed E-state index contributed by atoms with van der Waals surface area (Å²) >= 11 is 0. The van der Waals surface area contributed by atoms with E-state index in [-0.39, 0.29) is 12.3 Å². The first-order valence-electron chi connectivity index (χ1n) is 11.8. The molecule has 1 fully saturated rings. The first-order chi connectivity index (χ1) is 16.9. The second kappa shape index (κ2) is 11.0. The Hall–Kier alpha value is -3.30. The maximum absolute atomic E-state index is 5.88. The second-order valence-electron chi connectivity index (χ2n) is 9.76. The fraction of sp³-hybridized carbons (Fsp3) is 0.462. The average molecular weight is 479 g/mol. The van der Waals surface area contributed by atoms with Gasteiger partial charge in [-0.15, -0.1) is 15.3 Å². The lowest BCUT2D eigenvalue weighted by molar-refractivity contribution is 0.0515. The minimum atomic E-state index is 0.123. The summed E-state index contributed by atoms with van der Waals surface area (Å²) in [4.78, 5) is 2.31. The lowest BCUT2D eigenvalue weighted by Gasteiger charge is -2.23. The molecule has 1 aliphatic rings. The van der Waals surface area contributed by atoms with Crippen LogP contribution in [0.2, 0.25) is 0 Å². The molecule has 3 aromatic rings. The van der Waals surface area contributed by atoms with Crippen LogP contribution < -0.4 is 19.7 Å². The van der Waals surface area contributed by atoms with Gasteiger partial charge in [-0.2, -0.15) is 5.10 Å². The van der Waals surface area contributed by atoms with E-state index in [1.165, 1.54) is 0 Å². The van der Waals surface area contributed by atoms with Gasteiger partial charge in [-0.25, -0.2) is 0 Å². The van der Waals surface area contributed by atoms with Gasteiger partial charge in [0.15, 0.2) is 12.6 Å².